The van der Waals surface area contributed by atoms with Gasteiger partial charge in [-0.15, -0.1) is 0 Å². The number of pyridine rings is 1. The van der Waals surface area contributed by atoms with Crippen LogP contribution >= 0.6 is 0 Å². The number of hydrogen-bond donors (Lipinski definition) is 2. The maximum Gasteiger partial charge on any atom is 0.341 e. The van der Waals surface area contributed by atoms with Crippen LogP contribution < -0.4 is 10.5 Å². The van der Waals surface area contributed by atoms with E-state index in [0.717, 1.165) is 0 Å². The molecule has 0 aromatic carbocycles. The van der Waals surface area contributed by atoms with Gasteiger partial charge in [-0.3, -0.25) is 0 Å². The molecule has 0 saturated carbocycles. The Hall–Kier alpha value is -1.90. The average Bonchev–Trinajstić information content (AvgIpc) is 2.46. The second-order valence-electron chi connectivity index (χ2n) is 3.99. The Labute approximate surface area is 122 Å². The number of nitrogens with zero attached hydrogens (tertiary/aromatic N) is 1. The largest absolute Gasteiger partial charge is 0.477 e. The van der Waals surface area contributed by atoms with E-state index in [9.17, 15) is 4.79 Å². The number of aromatic carboxylic acids is 1. The molecule has 0 bridgehead atoms. The standard InChI is InChI=1S/C13H20N2O6/c1-18-2-3-19-4-5-20-6-7-21-12-11(13(16)17)8-10(14)9-15-12/h8-9H,2-7,14H2,1H3,(H,16,17). The summed E-state index contributed by atoms with van der Waals surface area (Å²) in [4.78, 5) is 14.8. The van der Waals surface area contributed by atoms with Crippen LogP contribution in [0.25, 0.3) is 0 Å². The lowest BCUT2D eigenvalue weighted by Gasteiger charge is -2.09. The first-order chi connectivity index (χ1) is 10.1. The van der Waals surface area contributed by atoms with Gasteiger partial charge in [-0.2, -0.15) is 0 Å². The van der Waals surface area contributed by atoms with Crippen LogP contribution in [0.1, 0.15) is 10.4 Å². The summed E-state index contributed by atoms with van der Waals surface area (Å²) in [5.74, 6) is -1.12. The highest BCUT2D eigenvalue weighted by molar-refractivity contribution is 5.91. The van der Waals surface area contributed by atoms with E-state index in [-0.39, 0.29) is 23.7 Å². The van der Waals surface area contributed by atoms with Gasteiger partial charge in [0.25, 0.3) is 0 Å². The number of ether oxygens (including phenoxy) is 4. The normalized spacial score (nSPS) is 10.5. The van der Waals surface area contributed by atoms with Crippen molar-refractivity contribution in [3.8, 4) is 5.88 Å². The fourth-order valence-corrected chi connectivity index (χ4v) is 1.40. The van der Waals surface area contributed by atoms with Crippen molar-refractivity contribution in [2.24, 2.45) is 0 Å². The number of methoxy groups -OCH3 is 1. The number of hydrogen-bond acceptors (Lipinski definition) is 7. The first kappa shape index (κ1) is 17.2. The molecule has 0 unspecified atom stereocenters. The van der Waals surface area contributed by atoms with Gasteiger partial charge in [0, 0.05) is 7.11 Å². The predicted octanol–water partition coefficient (Wildman–Crippen LogP) is 0.420. The van der Waals surface area contributed by atoms with Crippen LogP contribution in [0.3, 0.4) is 0 Å². The zero-order valence-electron chi connectivity index (χ0n) is 11.9. The second kappa shape index (κ2) is 9.92. The zero-order chi connectivity index (χ0) is 15.5. The lowest BCUT2D eigenvalue weighted by atomic mass is 10.2. The van der Waals surface area contributed by atoms with Crippen molar-refractivity contribution in [1.82, 2.24) is 4.98 Å². The second-order valence-corrected chi connectivity index (χ2v) is 3.99. The van der Waals surface area contributed by atoms with Crippen molar-refractivity contribution in [3.05, 3.63) is 17.8 Å². The molecule has 0 aliphatic rings. The number of nitrogen functional groups attached to an aromatic ring is 1. The van der Waals surface area contributed by atoms with Gasteiger partial charge >= 0.3 is 5.97 Å². The summed E-state index contributed by atoms with van der Waals surface area (Å²) in [7, 11) is 1.60. The van der Waals surface area contributed by atoms with E-state index >= 15 is 0 Å². The van der Waals surface area contributed by atoms with Crippen LogP contribution in [0.15, 0.2) is 12.3 Å². The Balaban J connectivity index is 2.20. The third kappa shape index (κ3) is 6.89. The molecule has 8 nitrogen and oxygen atoms in total. The van der Waals surface area contributed by atoms with Crippen LogP contribution in [0.5, 0.6) is 5.88 Å². The highest BCUT2D eigenvalue weighted by atomic mass is 16.6. The van der Waals surface area contributed by atoms with Gasteiger partial charge in [0.2, 0.25) is 5.88 Å². The van der Waals surface area contributed by atoms with Crippen molar-refractivity contribution in [3.63, 3.8) is 0 Å². The summed E-state index contributed by atoms with van der Waals surface area (Å²) in [5, 5.41) is 9.00. The Kier molecular flexibility index (Phi) is 8.10. The lowest BCUT2D eigenvalue weighted by molar-refractivity contribution is 0.0175. The topological polar surface area (TPSA) is 113 Å². The van der Waals surface area contributed by atoms with Gasteiger partial charge in [0.1, 0.15) is 12.2 Å². The minimum atomic E-state index is -1.14. The Morgan fingerprint density at radius 3 is 2.43 bits per heavy atom. The van der Waals surface area contributed by atoms with Gasteiger partial charge in [0.05, 0.1) is 44.9 Å². The molecule has 8 heteroatoms. The number of carboxylic acid groups (broad SMARTS) is 1. The third-order valence-corrected chi connectivity index (χ3v) is 2.37. The fourth-order valence-electron chi connectivity index (χ4n) is 1.40. The summed E-state index contributed by atoms with van der Waals surface area (Å²) in [6, 6.07) is 1.30. The number of rotatable bonds is 11. The minimum Gasteiger partial charge on any atom is -0.477 e. The van der Waals surface area contributed by atoms with Crippen molar-refractivity contribution < 1.29 is 28.8 Å². The molecular weight excluding hydrogens is 280 g/mol. The van der Waals surface area contributed by atoms with Crippen LogP contribution in [-0.2, 0) is 14.2 Å². The number of carboxylic acids is 1. The highest BCUT2D eigenvalue weighted by Gasteiger charge is 2.13. The van der Waals surface area contributed by atoms with E-state index in [4.69, 9.17) is 29.8 Å². The molecule has 1 aromatic rings. The summed E-state index contributed by atoms with van der Waals surface area (Å²) >= 11 is 0. The molecule has 21 heavy (non-hydrogen) atoms. The highest BCUT2D eigenvalue weighted by Crippen LogP contribution is 2.17. The summed E-state index contributed by atoms with van der Waals surface area (Å²) in [6.07, 6.45) is 1.34. The van der Waals surface area contributed by atoms with Gasteiger partial charge < -0.3 is 29.8 Å². The van der Waals surface area contributed by atoms with Crippen LogP contribution in [0, 0.1) is 0 Å². The molecule has 0 atom stereocenters. The molecular formula is C13H20N2O6. The first-order valence-corrected chi connectivity index (χ1v) is 6.41. The monoisotopic (exact) mass is 300 g/mol. The molecule has 0 radical (unpaired) electrons. The molecule has 1 rings (SSSR count). The molecule has 118 valence electrons. The number of carbonyl (C=O) groups is 1. The zero-order valence-corrected chi connectivity index (χ0v) is 11.9. The molecule has 0 aliphatic carbocycles. The van der Waals surface area contributed by atoms with E-state index in [0.29, 0.717) is 33.0 Å². The van der Waals surface area contributed by atoms with Gasteiger partial charge in [-0.25, -0.2) is 9.78 Å². The maximum absolute atomic E-state index is 11.0. The van der Waals surface area contributed by atoms with Crippen molar-refractivity contribution in [2.45, 2.75) is 0 Å². The average molecular weight is 300 g/mol. The molecule has 0 spiro atoms. The van der Waals surface area contributed by atoms with Gasteiger partial charge in [-0.05, 0) is 6.07 Å². The smallest absolute Gasteiger partial charge is 0.341 e. The minimum absolute atomic E-state index is 0.0247. The fraction of sp³-hybridized carbons (Fsp3) is 0.538. The van der Waals surface area contributed by atoms with E-state index in [1.807, 2.05) is 0 Å². The summed E-state index contributed by atoms with van der Waals surface area (Å²) in [5.41, 5.74) is 5.68. The first-order valence-electron chi connectivity index (χ1n) is 6.41. The SMILES string of the molecule is COCCOCCOCCOc1ncc(N)cc1C(=O)O. The Morgan fingerprint density at radius 2 is 1.81 bits per heavy atom. The molecule has 1 heterocycles. The van der Waals surface area contributed by atoms with E-state index in [1.54, 1.807) is 7.11 Å². The number of aromatic nitrogens is 1. The van der Waals surface area contributed by atoms with Crippen LogP contribution in [0.2, 0.25) is 0 Å². The molecule has 0 amide bonds. The van der Waals surface area contributed by atoms with Crippen LogP contribution in [-0.4, -0.2) is 62.8 Å². The molecule has 0 fully saturated rings. The number of anilines is 1. The van der Waals surface area contributed by atoms with Gasteiger partial charge in [0.15, 0.2) is 0 Å². The molecule has 0 saturated heterocycles. The molecule has 0 aliphatic heterocycles. The number of nitrogens with two attached hydrogens (primary N) is 1. The molecule has 3 N–H and O–H groups in total. The van der Waals surface area contributed by atoms with E-state index in [2.05, 4.69) is 4.98 Å². The van der Waals surface area contributed by atoms with Crippen molar-refractivity contribution in [1.29, 1.82) is 0 Å². The maximum atomic E-state index is 11.0. The van der Waals surface area contributed by atoms with E-state index in [1.165, 1.54) is 12.3 Å². The lowest BCUT2D eigenvalue weighted by Crippen LogP contribution is -2.14. The third-order valence-electron chi connectivity index (χ3n) is 2.37. The van der Waals surface area contributed by atoms with Crippen LogP contribution in [0.4, 0.5) is 5.69 Å². The molecule has 1 aromatic heterocycles. The summed E-state index contributed by atoms with van der Waals surface area (Å²) in [6.45, 7) is 2.45. The van der Waals surface area contributed by atoms with Crippen molar-refractivity contribution >= 4 is 11.7 Å². The van der Waals surface area contributed by atoms with E-state index < -0.39 is 5.97 Å². The van der Waals surface area contributed by atoms with Crippen molar-refractivity contribution in [2.75, 3.05) is 52.5 Å². The Bertz CT molecular complexity index is 441. The Morgan fingerprint density at radius 1 is 1.19 bits per heavy atom. The summed E-state index contributed by atoms with van der Waals surface area (Å²) < 4.78 is 20.6. The predicted molar refractivity (Wildman–Crippen MR) is 74.6 cm³/mol. The quantitative estimate of drug-likeness (QED) is 0.565. The van der Waals surface area contributed by atoms with Gasteiger partial charge in [-0.1, -0.05) is 0 Å².